The third kappa shape index (κ3) is 3.43. The first kappa shape index (κ1) is 12.9. The van der Waals surface area contributed by atoms with E-state index in [0.29, 0.717) is 18.4 Å². The molecule has 0 bridgehead atoms. The van der Waals surface area contributed by atoms with Gasteiger partial charge >= 0.3 is 0 Å². The van der Waals surface area contributed by atoms with E-state index in [-0.39, 0.29) is 5.91 Å². The van der Waals surface area contributed by atoms with Crippen molar-refractivity contribution in [2.24, 2.45) is 11.8 Å². The van der Waals surface area contributed by atoms with Gasteiger partial charge in [-0.1, -0.05) is 13.8 Å². The van der Waals surface area contributed by atoms with Gasteiger partial charge in [-0.25, -0.2) is 0 Å². The van der Waals surface area contributed by atoms with Gasteiger partial charge in [0.05, 0.1) is 9.77 Å². The fourth-order valence-electron chi connectivity index (χ4n) is 2.53. The first-order chi connectivity index (χ1) is 8.04. The summed E-state index contributed by atoms with van der Waals surface area (Å²) in [5, 5.41) is 4.15. The highest BCUT2D eigenvalue weighted by Crippen LogP contribution is 2.21. The summed E-state index contributed by atoms with van der Waals surface area (Å²) in [5.74, 6) is 1.41. The largest absolute Gasteiger partial charge is 0.341 e. The summed E-state index contributed by atoms with van der Waals surface area (Å²) >= 11 is 2.20. The lowest BCUT2D eigenvalue weighted by Gasteiger charge is -2.35. The predicted molar refractivity (Wildman–Crippen MR) is 74.5 cm³/mol. The van der Waals surface area contributed by atoms with Crippen LogP contribution in [0.1, 0.15) is 20.3 Å². The molecule has 0 radical (unpaired) electrons. The lowest BCUT2D eigenvalue weighted by Crippen LogP contribution is -2.44. The molecule has 1 saturated heterocycles. The van der Waals surface area contributed by atoms with Gasteiger partial charge in [0.15, 0.2) is 0 Å². The van der Waals surface area contributed by atoms with Crippen LogP contribution >= 0.6 is 22.6 Å². The van der Waals surface area contributed by atoms with E-state index in [1.807, 2.05) is 11.1 Å². The van der Waals surface area contributed by atoms with Crippen LogP contribution in [-0.2, 0) is 11.3 Å². The van der Waals surface area contributed by atoms with E-state index in [9.17, 15) is 4.79 Å². The summed E-state index contributed by atoms with van der Waals surface area (Å²) in [6.45, 7) is 6.57. The van der Waals surface area contributed by atoms with Crippen molar-refractivity contribution < 1.29 is 4.79 Å². The van der Waals surface area contributed by atoms with Crippen LogP contribution in [0.4, 0.5) is 0 Å². The number of rotatable bonds is 2. The Balaban J connectivity index is 1.95. The number of hydrogen-bond donors (Lipinski definition) is 0. The molecule has 2 rings (SSSR count). The Morgan fingerprint density at radius 1 is 1.47 bits per heavy atom. The molecule has 2 atom stereocenters. The van der Waals surface area contributed by atoms with Gasteiger partial charge in [0, 0.05) is 19.3 Å². The molecule has 0 N–H and O–H groups in total. The highest BCUT2D eigenvalue weighted by Gasteiger charge is 2.25. The number of carbonyl (C=O) groups excluding carboxylic acids is 1. The van der Waals surface area contributed by atoms with Gasteiger partial charge in [-0.2, -0.15) is 5.10 Å². The Hall–Kier alpha value is -0.590. The maximum absolute atomic E-state index is 12.1. The average Bonchev–Trinajstić information content (AvgIpc) is 2.62. The topological polar surface area (TPSA) is 38.1 Å². The molecule has 0 spiro atoms. The normalized spacial score (nSPS) is 25.0. The van der Waals surface area contributed by atoms with Crippen molar-refractivity contribution >= 4 is 28.5 Å². The number of aromatic nitrogens is 2. The van der Waals surface area contributed by atoms with Crippen LogP contribution in [0.5, 0.6) is 0 Å². The number of likely N-dealkylation sites (tertiary alicyclic amines) is 1. The van der Waals surface area contributed by atoms with Crippen LogP contribution < -0.4 is 0 Å². The Kier molecular flexibility index (Phi) is 4.06. The highest BCUT2D eigenvalue weighted by atomic mass is 127. The summed E-state index contributed by atoms with van der Waals surface area (Å²) in [5.41, 5.74) is 0. The molecule has 17 heavy (non-hydrogen) atoms. The SMILES string of the molecule is C[C@H]1C[C@H](C)CN(C(=O)Cn2cc(I)cn2)C1. The summed E-state index contributed by atoms with van der Waals surface area (Å²) in [4.78, 5) is 14.1. The van der Waals surface area contributed by atoms with Crippen molar-refractivity contribution in [3.63, 3.8) is 0 Å². The number of piperidine rings is 1. The van der Waals surface area contributed by atoms with Crippen molar-refractivity contribution in [1.29, 1.82) is 0 Å². The zero-order valence-electron chi connectivity index (χ0n) is 10.3. The van der Waals surface area contributed by atoms with E-state index >= 15 is 0 Å². The molecule has 1 fully saturated rings. The number of halogens is 1. The second-order valence-corrected chi connectivity index (χ2v) is 6.35. The van der Waals surface area contributed by atoms with E-state index in [4.69, 9.17) is 0 Å². The summed E-state index contributed by atoms with van der Waals surface area (Å²) in [6.07, 6.45) is 4.90. The van der Waals surface area contributed by atoms with Gasteiger partial charge in [-0.15, -0.1) is 0 Å². The van der Waals surface area contributed by atoms with Crippen molar-refractivity contribution in [3.8, 4) is 0 Å². The molecule has 1 aliphatic rings. The third-order valence-electron chi connectivity index (χ3n) is 3.12. The standard InChI is InChI=1S/C12H18IN3O/c1-9-3-10(2)6-15(5-9)12(17)8-16-7-11(13)4-14-16/h4,7,9-10H,3,5-6,8H2,1-2H3/t9-,10-/m0/s1. The summed E-state index contributed by atoms with van der Waals surface area (Å²) in [7, 11) is 0. The van der Waals surface area contributed by atoms with Crippen LogP contribution in [-0.4, -0.2) is 33.7 Å². The minimum absolute atomic E-state index is 0.183. The Bertz CT molecular complexity index is 394. The Morgan fingerprint density at radius 3 is 2.65 bits per heavy atom. The minimum atomic E-state index is 0.183. The Morgan fingerprint density at radius 2 is 2.12 bits per heavy atom. The van der Waals surface area contributed by atoms with Crippen LogP contribution in [0.2, 0.25) is 0 Å². The molecule has 0 aliphatic carbocycles. The van der Waals surface area contributed by atoms with E-state index < -0.39 is 0 Å². The molecule has 1 aromatic heterocycles. The lowest BCUT2D eigenvalue weighted by atomic mass is 9.92. The highest BCUT2D eigenvalue weighted by molar-refractivity contribution is 14.1. The maximum atomic E-state index is 12.1. The van der Waals surface area contributed by atoms with Crippen LogP contribution in [0.25, 0.3) is 0 Å². The van der Waals surface area contributed by atoms with Gasteiger partial charge in [0.1, 0.15) is 6.54 Å². The molecule has 1 aliphatic heterocycles. The molecule has 1 amide bonds. The Labute approximate surface area is 116 Å². The quantitative estimate of drug-likeness (QED) is 0.768. The van der Waals surface area contributed by atoms with Crippen molar-refractivity contribution in [1.82, 2.24) is 14.7 Å². The van der Waals surface area contributed by atoms with Gasteiger partial charge in [0.2, 0.25) is 5.91 Å². The fourth-order valence-corrected chi connectivity index (χ4v) is 2.98. The number of hydrogen-bond acceptors (Lipinski definition) is 2. The number of carbonyl (C=O) groups is 1. The first-order valence-corrected chi connectivity index (χ1v) is 7.08. The van der Waals surface area contributed by atoms with Gasteiger partial charge in [0.25, 0.3) is 0 Å². The van der Waals surface area contributed by atoms with E-state index in [1.54, 1.807) is 10.9 Å². The van der Waals surface area contributed by atoms with Crippen LogP contribution in [0, 0.1) is 15.4 Å². The number of nitrogens with zero attached hydrogens (tertiary/aromatic N) is 3. The second kappa shape index (κ2) is 5.37. The van der Waals surface area contributed by atoms with Gasteiger partial charge < -0.3 is 4.90 Å². The smallest absolute Gasteiger partial charge is 0.244 e. The molecule has 1 aromatic rings. The second-order valence-electron chi connectivity index (χ2n) is 5.10. The zero-order chi connectivity index (χ0) is 12.4. The molecule has 0 saturated carbocycles. The van der Waals surface area contributed by atoms with Crippen molar-refractivity contribution in [2.75, 3.05) is 13.1 Å². The molecule has 0 aromatic carbocycles. The molecule has 2 heterocycles. The zero-order valence-corrected chi connectivity index (χ0v) is 12.4. The minimum Gasteiger partial charge on any atom is -0.341 e. The molecular weight excluding hydrogens is 329 g/mol. The lowest BCUT2D eigenvalue weighted by molar-refractivity contribution is -0.134. The van der Waals surface area contributed by atoms with Gasteiger partial charge in [-0.3, -0.25) is 9.48 Å². The predicted octanol–water partition coefficient (Wildman–Crippen LogP) is 1.99. The van der Waals surface area contributed by atoms with Crippen molar-refractivity contribution in [3.05, 3.63) is 16.0 Å². The third-order valence-corrected chi connectivity index (χ3v) is 3.68. The monoisotopic (exact) mass is 347 g/mol. The first-order valence-electron chi connectivity index (χ1n) is 6.00. The van der Waals surface area contributed by atoms with Crippen LogP contribution in [0.3, 0.4) is 0 Å². The molecule has 0 unspecified atom stereocenters. The van der Waals surface area contributed by atoms with E-state index in [1.165, 1.54) is 6.42 Å². The summed E-state index contributed by atoms with van der Waals surface area (Å²) < 4.78 is 2.78. The average molecular weight is 347 g/mol. The maximum Gasteiger partial charge on any atom is 0.244 e. The molecule has 4 nitrogen and oxygen atoms in total. The fraction of sp³-hybridized carbons (Fsp3) is 0.667. The molecule has 5 heteroatoms. The van der Waals surface area contributed by atoms with E-state index in [0.717, 1.165) is 16.7 Å². The molecular formula is C12H18IN3O. The molecule has 94 valence electrons. The van der Waals surface area contributed by atoms with Gasteiger partial charge in [-0.05, 0) is 40.8 Å². The summed E-state index contributed by atoms with van der Waals surface area (Å²) in [6, 6.07) is 0. The number of amides is 1. The van der Waals surface area contributed by atoms with E-state index in [2.05, 4.69) is 41.5 Å². The van der Waals surface area contributed by atoms with Crippen LogP contribution in [0.15, 0.2) is 12.4 Å². The van der Waals surface area contributed by atoms with Crippen molar-refractivity contribution in [2.45, 2.75) is 26.8 Å².